The van der Waals surface area contributed by atoms with Crippen LogP contribution < -0.4 is 10.2 Å². The number of nitrogens with one attached hydrogen (secondary N) is 1. The Labute approximate surface area is 133 Å². The summed E-state index contributed by atoms with van der Waals surface area (Å²) in [6.07, 6.45) is 4.70. The molecule has 3 aromatic rings. The van der Waals surface area contributed by atoms with Crippen molar-refractivity contribution >= 4 is 17.4 Å². The van der Waals surface area contributed by atoms with Crippen LogP contribution >= 0.6 is 0 Å². The molecule has 7 nitrogen and oxygen atoms in total. The van der Waals surface area contributed by atoms with E-state index in [1.807, 2.05) is 43.3 Å². The lowest BCUT2D eigenvalue weighted by molar-refractivity contribution is 0.102. The van der Waals surface area contributed by atoms with Crippen molar-refractivity contribution in [2.24, 2.45) is 0 Å². The highest BCUT2D eigenvalue weighted by Crippen LogP contribution is 2.14. The molecule has 0 aliphatic heterocycles. The largest absolute Gasteiger partial charge is 0.363 e. The van der Waals surface area contributed by atoms with E-state index >= 15 is 0 Å². The van der Waals surface area contributed by atoms with Crippen LogP contribution in [0.25, 0.3) is 5.69 Å². The van der Waals surface area contributed by atoms with Gasteiger partial charge in [0.1, 0.15) is 18.5 Å². The number of hydrogen-bond acceptors (Lipinski definition) is 5. The molecule has 0 unspecified atom stereocenters. The summed E-state index contributed by atoms with van der Waals surface area (Å²) in [4.78, 5) is 22.3. The van der Waals surface area contributed by atoms with Gasteiger partial charge in [0.2, 0.25) is 0 Å². The van der Waals surface area contributed by atoms with Crippen LogP contribution in [0.2, 0.25) is 0 Å². The minimum atomic E-state index is -0.186. The minimum Gasteiger partial charge on any atom is -0.363 e. The van der Waals surface area contributed by atoms with Crippen LogP contribution in [0.5, 0.6) is 0 Å². The van der Waals surface area contributed by atoms with Crippen molar-refractivity contribution in [3.8, 4) is 5.69 Å². The number of carbonyl (C=O) groups excluding carboxylic acids is 1. The van der Waals surface area contributed by atoms with Gasteiger partial charge in [-0.2, -0.15) is 5.10 Å². The maximum absolute atomic E-state index is 12.2. The highest BCUT2D eigenvalue weighted by atomic mass is 16.1. The number of hydrogen-bond donors (Lipinski definition) is 1. The Morgan fingerprint density at radius 2 is 1.91 bits per heavy atom. The quantitative estimate of drug-likeness (QED) is 0.797. The monoisotopic (exact) mass is 308 g/mol. The summed E-state index contributed by atoms with van der Waals surface area (Å²) >= 11 is 0. The maximum atomic E-state index is 12.2. The Hall–Kier alpha value is -3.22. The van der Waals surface area contributed by atoms with Gasteiger partial charge in [-0.15, -0.1) is 0 Å². The summed E-state index contributed by atoms with van der Waals surface area (Å²) in [6, 6.07) is 10.8. The topological polar surface area (TPSA) is 75.9 Å². The summed E-state index contributed by atoms with van der Waals surface area (Å²) in [6.45, 7) is 0. The Morgan fingerprint density at radius 3 is 2.48 bits per heavy atom. The van der Waals surface area contributed by atoms with Crippen LogP contribution in [0, 0.1) is 0 Å². The molecule has 0 spiro atoms. The lowest BCUT2D eigenvalue weighted by atomic mass is 10.2. The third-order valence-electron chi connectivity index (χ3n) is 3.28. The molecule has 0 aliphatic rings. The molecule has 3 rings (SSSR count). The molecule has 1 N–H and O–H groups in total. The van der Waals surface area contributed by atoms with Gasteiger partial charge in [-0.25, -0.2) is 14.6 Å². The highest BCUT2D eigenvalue weighted by Gasteiger charge is 2.07. The van der Waals surface area contributed by atoms with Crippen LogP contribution in [-0.4, -0.2) is 39.8 Å². The average Bonchev–Trinajstić information content (AvgIpc) is 3.10. The van der Waals surface area contributed by atoms with Gasteiger partial charge in [-0.1, -0.05) is 0 Å². The van der Waals surface area contributed by atoms with Gasteiger partial charge in [0.05, 0.1) is 17.6 Å². The first-order valence-corrected chi connectivity index (χ1v) is 7.03. The van der Waals surface area contributed by atoms with E-state index in [1.54, 1.807) is 29.3 Å². The molecule has 1 amide bonds. The summed E-state index contributed by atoms with van der Waals surface area (Å²) in [5, 5.41) is 6.87. The smallest absolute Gasteiger partial charge is 0.255 e. The highest BCUT2D eigenvalue weighted by molar-refractivity contribution is 6.04. The first kappa shape index (κ1) is 14.7. The second kappa shape index (κ2) is 6.27. The number of carbonyl (C=O) groups is 1. The fourth-order valence-electron chi connectivity index (χ4n) is 2.03. The van der Waals surface area contributed by atoms with Crippen molar-refractivity contribution in [1.82, 2.24) is 19.7 Å². The number of pyridine rings is 1. The van der Waals surface area contributed by atoms with E-state index in [1.165, 1.54) is 6.33 Å². The van der Waals surface area contributed by atoms with E-state index < -0.39 is 0 Å². The predicted molar refractivity (Wildman–Crippen MR) is 87.9 cm³/mol. The van der Waals surface area contributed by atoms with Gasteiger partial charge in [-0.3, -0.25) is 4.79 Å². The van der Waals surface area contributed by atoms with Gasteiger partial charge in [0.25, 0.3) is 5.91 Å². The van der Waals surface area contributed by atoms with Gasteiger partial charge in [0.15, 0.2) is 0 Å². The normalized spacial score (nSPS) is 10.3. The number of anilines is 2. The summed E-state index contributed by atoms with van der Waals surface area (Å²) in [5.41, 5.74) is 2.06. The molecule has 0 bridgehead atoms. The molecule has 1 aromatic carbocycles. The third-order valence-corrected chi connectivity index (χ3v) is 3.28. The van der Waals surface area contributed by atoms with Crippen molar-refractivity contribution in [3.05, 3.63) is 60.8 Å². The van der Waals surface area contributed by atoms with Crippen LogP contribution in [0.4, 0.5) is 11.5 Å². The number of rotatable bonds is 4. The van der Waals surface area contributed by atoms with Crippen molar-refractivity contribution in [1.29, 1.82) is 0 Å². The molecule has 0 radical (unpaired) electrons. The fourth-order valence-corrected chi connectivity index (χ4v) is 2.03. The Morgan fingerprint density at radius 1 is 1.13 bits per heavy atom. The number of benzene rings is 1. The Balaban J connectivity index is 1.70. The molecule has 0 saturated carbocycles. The lowest BCUT2D eigenvalue weighted by Gasteiger charge is -2.11. The van der Waals surface area contributed by atoms with E-state index in [0.29, 0.717) is 11.3 Å². The first-order chi connectivity index (χ1) is 11.1. The van der Waals surface area contributed by atoms with Gasteiger partial charge in [0, 0.05) is 19.7 Å². The average molecular weight is 308 g/mol. The zero-order chi connectivity index (χ0) is 16.2. The maximum Gasteiger partial charge on any atom is 0.255 e. The summed E-state index contributed by atoms with van der Waals surface area (Å²) in [5.74, 6) is 0.648. The first-order valence-electron chi connectivity index (χ1n) is 7.03. The predicted octanol–water partition coefficient (Wildman–Crippen LogP) is 1.98. The molecule has 0 atom stereocenters. The third kappa shape index (κ3) is 3.34. The molecule has 0 fully saturated rings. The molecule has 0 saturated heterocycles. The van der Waals surface area contributed by atoms with E-state index in [2.05, 4.69) is 20.4 Å². The van der Waals surface area contributed by atoms with Crippen molar-refractivity contribution < 1.29 is 4.79 Å². The molecular formula is C16H16N6O. The Bertz CT molecular complexity index is 778. The van der Waals surface area contributed by atoms with E-state index in [-0.39, 0.29) is 5.91 Å². The molecule has 2 heterocycles. The van der Waals surface area contributed by atoms with Crippen LogP contribution in [0.3, 0.4) is 0 Å². The van der Waals surface area contributed by atoms with Gasteiger partial charge >= 0.3 is 0 Å². The zero-order valence-corrected chi connectivity index (χ0v) is 12.8. The van der Waals surface area contributed by atoms with Gasteiger partial charge in [-0.05, 0) is 36.4 Å². The van der Waals surface area contributed by atoms with Gasteiger partial charge < -0.3 is 10.2 Å². The number of nitrogens with zero attached hydrogens (tertiary/aromatic N) is 5. The number of amides is 1. The second-order valence-electron chi connectivity index (χ2n) is 5.14. The second-order valence-corrected chi connectivity index (χ2v) is 5.14. The lowest BCUT2D eigenvalue weighted by Crippen LogP contribution is -2.13. The van der Waals surface area contributed by atoms with Crippen LogP contribution in [0.1, 0.15) is 10.4 Å². The molecule has 0 aliphatic carbocycles. The zero-order valence-electron chi connectivity index (χ0n) is 12.8. The minimum absolute atomic E-state index is 0.186. The molecular weight excluding hydrogens is 292 g/mol. The SMILES string of the molecule is CN(C)c1ccc(NC(=O)c2ccc(-n3cncn3)cc2)cn1. The van der Waals surface area contributed by atoms with E-state index in [9.17, 15) is 4.79 Å². The molecule has 23 heavy (non-hydrogen) atoms. The van der Waals surface area contributed by atoms with Crippen LogP contribution in [-0.2, 0) is 0 Å². The Kier molecular flexibility index (Phi) is 4.01. The molecule has 116 valence electrons. The summed E-state index contributed by atoms with van der Waals surface area (Å²) in [7, 11) is 3.83. The molecule has 2 aromatic heterocycles. The summed E-state index contributed by atoms with van der Waals surface area (Å²) < 4.78 is 1.63. The van der Waals surface area contributed by atoms with E-state index in [0.717, 1.165) is 11.5 Å². The van der Waals surface area contributed by atoms with Crippen molar-refractivity contribution in [2.45, 2.75) is 0 Å². The number of aromatic nitrogens is 4. The van der Waals surface area contributed by atoms with Crippen molar-refractivity contribution in [2.75, 3.05) is 24.3 Å². The van der Waals surface area contributed by atoms with E-state index in [4.69, 9.17) is 0 Å². The molecule has 7 heteroatoms. The standard InChI is InChI=1S/C16H16N6O/c1-21(2)15-8-5-13(9-18-15)20-16(23)12-3-6-14(7-4-12)22-11-17-10-19-22/h3-11H,1-2H3,(H,20,23). The van der Waals surface area contributed by atoms with Crippen LogP contribution in [0.15, 0.2) is 55.2 Å². The van der Waals surface area contributed by atoms with Crippen molar-refractivity contribution in [3.63, 3.8) is 0 Å². The fraction of sp³-hybridized carbons (Fsp3) is 0.125.